The van der Waals surface area contributed by atoms with Gasteiger partial charge in [0.2, 0.25) is 0 Å². The quantitative estimate of drug-likeness (QED) is 0.673. The number of aryl methyl sites for hydroxylation is 1. The second-order valence-corrected chi connectivity index (χ2v) is 8.06. The highest BCUT2D eigenvalue weighted by molar-refractivity contribution is 7.09. The number of carbonyl (C=O) groups excluding carboxylic acids is 2. The molecule has 0 unspecified atom stereocenters. The van der Waals surface area contributed by atoms with Gasteiger partial charge in [0.05, 0.1) is 10.7 Å². The number of fused-ring (bicyclic) bond motifs is 1. The van der Waals surface area contributed by atoms with Crippen molar-refractivity contribution in [3.05, 3.63) is 81.3 Å². The van der Waals surface area contributed by atoms with Gasteiger partial charge in [-0.2, -0.15) is 0 Å². The molecule has 0 atom stereocenters. The summed E-state index contributed by atoms with van der Waals surface area (Å²) < 4.78 is 0. The monoisotopic (exact) mass is 406 g/mol. The highest BCUT2D eigenvalue weighted by atomic mass is 32.1. The zero-order valence-corrected chi connectivity index (χ0v) is 17.0. The van der Waals surface area contributed by atoms with Crippen LogP contribution in [0.4, 0.5) is 10.5 Å². The molecule has 2 aromatic carbocycles. The summed E-state index contributed by atoms with van der Waals surface area (Å²) in [6.07, 6.45) is 0.711. The molecule has 0 fully saturated rings. The minimum atomic E-state index is -0.142. The van der Waals surface area contributed by atoms with Crippen molar-refractivity contribution in [2.45, 2.75) is 26.4 Å². The fourth-order valence-corrected chi connectivity index (χ4v) is 3.96. The summed E-state index contributed by atoms with van der Waals surface area (Å²) in [5.74, 6) is -0.134. The molecular formula is C22H22N4O2S. The first-order valence-corrected chi connectivity index (χ1v) is 10.4. The summed E-state index contributed by atoms with van der Waals surface area (Å²) in [4.78, 5) is 31.0. The lowest BCUT2D eigenvalue weighted by molar-refractivity contribution is 0.0954. The van der Waals surface area contributed by atoms with Crippen molar-refractivity contribution in [3.63, 3.8) is 0 Å². The Morgan fingerprint density at radius 3 is 2.38 bits per heavy atom. The number of amides is 3. The number of carbonyl (C=O) groups is 2. The number of hydrogen-bond acceptors (Lipinski definition) is 4. The number of nitrogens with zero attached hydrogens (tertiary/aromatic N) is 2. The van der Waals surface area contributed by atoms with Gasteiger partial charge in [0.25, 0.3) is 5.91 Å². The summed E-state index contributed by atoms with van der Waals surface area (Å²) in [5.41, 5.74) is 4.59. The largest absolute Gasteiger partial charge is 0.352 e. The van der Waals surface area contributed by atoms with Crippen LogP contribution < -0.4 is 10.6 Å². The van der Waals surface area contributed by atoms with E-state index in [2.05, 4.69) is 15.6 Å². The van der Waals surface area contributed by atoms with Crippen LogP contribution in [0, 0.1) is 6.92 Å². The molecule has 29 heavy (non-hydrogen) atoms. The van der Waals surface area contributed by atoms with E-state index in [4.69, 9.17) is 0 Å². The number of aromatic nitrogens is 1. The first-order chi connectivity index (χ1) is 14.1. The van der Waals surface area contributed by atoms with Crippen LogP contribution in [-0.4, -0.2) is 28.4 Å². The SMILES string of the molecule is Cc1nc(CCNC(=O)c2ccc(NC(=O)N3Cc4ccccc4C3)cc2)cs1. The Morgan fingerprint density at radius 2 is 1.76 bits per heavy atom. The summed E-state index contributed by atoms with van der Waals surface area (Å²) in [6.45, 7) is 3.73. The fourth-order valence-electron chi connectivity index (χ4n) is 3.31. The van der Waals surface area contributed by atoms with E-state index < -0.39 is 0 Å². The molecule has 0 bridgehead atoms. The standard InChI is InChI=1S/C22H22N4O2S/c1-15-24-20(14-29-15)10-11-23-21(27)16-6-8-19(9-7-16)25-22(28)26-12-17-4-2-3-5-18(17)13-26/h2-9,14H,10-13H2,1H3,(H,23,27)(H,25,28). The number of hydrogen-bond donors (Lipinski definition) is 2. The van der Waals surface area contributed by atoms with Gasteiger partial charge in [-0.3, -0.25) is 4.79 Å². The number of anilines is 1. The molecular weight excluding hydrogens is 384 g/mol. The van der Waals surface area contributed by atoms with Gasteiger partial charge in [-0.05, 0) is 42.3 Å². The van der Waals surface area contributed by atoms with Crippen LogP contribution in [0.3, 0.4) is 0 Å². The van der Waals surface area contributed by atoms with E-state index in [-0.39, 0.29) is 11.9 Å². The maximum atomic E-state index is 12.5. The lowest BCUT2D eigenvalue weighted by atomic mass is 10.1. The topological polar surface area (TPSA) is 74.3 Å². The van der Waals surface area contributed by atoms with Gasteiger partial charge in [-0.15, -0.1) is 11.3 Å². The maximum absolute atomic E-state index is 12.5. The molecule has 2 N–H and O–H groups in total. The highest BCUT2D eigenvalue weighted by Gasteiger charge is 2.22. The van der Waals surface area contributed by atoms with Gasteiger partial charge in [0.1, 0.15) is 0 Å². The van der Waals surface area contributed by atoms with Crippen molar-refractivity contribution in [2.24, 2.45) is 0 Å². The van der Waals surface area contributed by atoms with Gasteiger partial charge in [0, 0.05) is 42.7 Å². The Kier molecular flexibility index (Phi) is 5.57. The zero-order chi connectivity index (χ0) is 20.2. The highest BCUT2D eigenvalue weighted by Crippen LogP contribution is 2.23. The smallest absolute Gasteiger partial charge is 0.322 e. The van der Waals surface area contributed by atoms with Crippen LogP contribution in [-0.2, 0) is 19.5 Å². The van der Waals surface area contributed by atoms with E-state index in [0.29, 0.717) is 37.3 Å². The molecule has 0 radical (unpaired) electrons. The van der Waals surface area contributed by atoms with Crippen LogP contribution in [0.15, 0.2) is 53.9 Å². The lowest BCUT2D eigenvalue weighted by Crippen LogP contribution is -2.30. The fraction of sp³-hybridized carbons (Fsp3) is 0.227. The van der Waals surface area contributed by atoms with Crippen LogP contribution in [0.2, 0.25) is 0 Å². The summed E-state index contributed by atoms with van der Waals surface area (Å²) in [5, 5.41) is 8.84. The third-order valence-corrected chi connectivity index (χ3v) is 5.68. The number of rotatable bonds is 5. The second-order valence-electron chi connectivity index (χ2n) is 7.00. The van der Waals surface area contributed by atoms with Gasteiger partial charge < -0.3 is 15.5 Å². The van der Waals surface area contributed by atoms with Crippen molar-refractivity contribution < 1.29 is 9.59 Å². The van der Waals surface area contributed by atoms with E-state index in [9.17, 15) is 9.59 Å². The summed E-state index contributed by atoms with van der Waals surface area (Å²) >= 11 is 1.61. The molecule has 1 aromatic heterocycles. The van der Waals surface area contributed by atoms with Crippen LogP contribution in [0.5, 0.6) is 0 Å². The first-order valence-electron chi connectivity index (χ1n) is 9.50. The average molecular weight is 407 g/mol. The second kappa shape index (κ2) is 8.45. The molecule has 3 aromatic rings. The first kappa shape index (κ1) is 19.1. The molecule has 148 valence electrons. The minimum absolute atomic E-state index is 0.134. The Balaban J connectivity index is 1.27. The normalized spacial score (nSPS) is 12.5. The van der Waals surface area contributed by atoms with E-state index in [1.807, 2.05) is 36.6 Å². The predicted octanol–water partition coefficient (Wildman–Crippen LogP) is 3.97. The number of nitrogens with one attached hydrogen (secondary N) is 2. The molecule has 3 amide bonds. The van der Waals surface area contributed by atoms with Crippen molar-refractivity contribution in [1.82, 2.24) is 15.2 Å². The molecule has 0 spiro atoms. The van der Waals surface area contributed by atoms with Crippen molar-refractivity contribution >= 4 is 29.0 Å². The van der Waals surface area contributed by atoms with Gasteiger partial charge in [-0.25, -0.2) is 9.78 Å². The van der Waals surface area contributed by atoms with Gasteiger partial charge in [0.15, 0.2) is 0 Å². The van der Waals surface area contributed by atoms with Crippen molar-refractivity contribution in [2.75, 3.05) is 11.9 Å². The Bertz CT molecular complexity index is 1000. The van der Waals surface area contributed by atoms with E-state index in [1.165, 1.54) is 11.1 Å². The zero-order valence-electron chi connectivity index (χ0n) is 16.1. The molecule has 7 heteroatoms. The van der Waals surface area contributed by atoms with E-state index >= 15 is 0 Å². The van der Waals surface area contributed by atoms with Crippen LogP contribution >= 0.6 is 11.3 Å². The number of thiazole rings is 1. The summed E-state index contributed by atoms with van der Waals surface area (Å²) in [6, 6.07) is 14.9. The molecule has 1 aliphatic heterocycles. The van der Waals surface area contributed by atoms with Crippen molar-refractivity contribution in [3.8, 4) is 0 Å². The van der Waals surface area contributed by atoms with Crippen LogP contribution in [0.1, 0.15) is 32.2 Å². The Hall–Kier alpha value is -3.19. The average Bonchev–Trinajstić information content (AvgIpc) is 3.34. The van der Waals surface area contributed by atoms with Gasteiger partial charge in [-0.1, -0.05) is 24.3 Å². The van der Waals surface area contributed by atoms with E-state index in [1.54, 1.807) is 40.5 Å². The third kappa shape index (κ3) is 4.63. The third-order valence-electron chi connectivity index (χ3n) is 4.86. The molecule has 0 saturated heterocycles. The molecule has 1 aliphatic rings. The number of benzene rings is 2. The minimum Gasteiger partial charge on any atom is -0.352 e. The summed E-state index contributed by atoms with van der Waals surface area (Å²) in [7, 11) is 0. The van der Waals surface area contributed by atoms with Crippen LogP contribution in [0.25, 0.3) is 0 Å². The van der Waals surface area contributed by atoms with Crippen molar-refractivity contribution in [1.29, 1.82) is 0 Å². The molecule has 6 nitrogen and oxygen atoms in total. The maximum Gasteiger partial charge on any atom is 0.322 e. The molecule has 0 aliphatic carbocycles. The predicted molar refractivity (Wildman–Crippen MR) is 114 cm³/mol. The molecule has 4 rings (SSSR count). The molecule has 2 heterocycles. The Labute approximate surface area is 173 Å². The van der Waals surface area contributed by atoms with Gasteiger partial charge >= 0.3 is 6.03 Å². The molecule has 0 saturated carbocycles. The lowest BCUT2D eigenvalue weighted by Gasteiger charge is -2.16. The number of urea groups is 1. The Morgan fingerprint density at radius 1 is 1.07 bits per heavy atom. The van der Waals surface area contributed by atoms with E-state index in [0.717, 1.165) is 10.7 Å².